The standard InChI is InChI=1S/C15H13ClN2O3/c16-13-8-10(15(19)20)9-14(17-13)18-6-3-7-21-12-5-2-1-4-11(12)18/h1-2,4-5,8-9H,3,6-7H2,(H,19,20). The second-order valence-corrected chi connectivity index (χ2v) is 5.05. The minimum absolute atomic E-state index is 0.118. The molecule has 0 atom stereocenters. The van der Waals surface area contributed by atoms with E-state index in [1.54, 1.807) is 0 Å². The first-order chi connectivity index (χ1) is 10.1. The van der Waals surface area contributed by atoms with Crippen molar-refractivity contribution in [2.24, 2.45) is 0 Å². The maximum atomic E-state index is 11.2. The van der Waals surface area contributed by atoms with Crippen molar-refractivity contribution in [1.29, 1.82) is 0 Å². The Morgan fingerprint density at radius 2 is 2.14 bits per heavy atom. The summed E-state index contributed by atoms with van der Waals surface area (Å²) in [5.41, 5.74) is 0.980. The Hall–Kier alpha value is -2.27. The minimum Gasteiger partial charge on any atom is -0.491 e. The predicted octanol–water partition coefficient (Wildman–Crippen LogP) is 3.35. The zero-order valence-corrected chi connectivity index (χ0v) is 11.9. The van der Waals surface area contributed by atoms with E-state index in [2.05, 4.69) is 4.98 Å². The number of pyridine rings is 1. The van der Waals surface area contributed by atoms with Crippen LogP contribution in [0.15, 0.2) is 36.4 Å². The summed E-state index contributed by atoms with van der Waals surface area (Å²) < 4.78 is 5.69. The molecule has 21 heavy (non-hydrogen) atoms. The topological polar surface area (TPSA) is 62.7 Å². The number of ether oxygens (including phenoxy) is 1. The van der Waals surface area contributed by atoms with Crippen molar-refractivity contribution < 1.29 is 14.6 Å². The quantitative estimate of drug-likeness (QED) is 0.862. The van der Waals surface area contributed by atoms with Gasteiger partial charge in [0.1, 0.15) is 16.7 Å². The molecule has 1 aromatic heterocycles. The number of aromatic carboxylic acids is 1. The molecule has 2 heterocycles. The fourth-order valence-electron chi connectivity index (χ4n) is 2.31. The van der Waals surface area contributed by atoms with Gasteiger partial charge in [-0.3, -0.25) is 0 Å². The van der Waals surface area contributed by atoms with Crippen LogP contribution in [0.2, 0.25) is 5.15 Å². The maximum Gasteiger partial charge on any atom is 0.335 e. The zero-order valence-electron chi connectivity index (χ0n) is 11.1. The molecule has 6 heteroatoms. The average Bonchev–Trinajstić information content (AvgIpc) is 2.69. The number of nitrogens with zero attached hydrogens (tertiary/aromatic N) is 2. The normalized spacial score (nSPS) is 14.0. The molecule has 0 saturated heterocycles. The van der Waals surface area contributed by atoms with Gasteiger partial charge in [0.15, 0.2) is 0 Å². The summed E-state index contributed by atoms with van der Waals surface area (Å²) in [5, 5.41) is 9.31. The molecule has 1 N–H and O–H groups in total. The number of fused-ring (bicyclic) bond motifs is 1. The van der Waals surface area contributed by atoms with Crippen LogP contribution in [0.1, 0.15) is 16.8 Å². The summed E-state index contributed by atoms with van der Waals surface area (Å²) >= 11 is 5.95. The van der Waals surface area contributed by atoms with Crippen molar-refractivity contribution in [3.63, 3.8) is 0 Å². The lowest BCUT2D eigenvalue weighted by molar-refractivity contribution is 0.0697. The van der Waals surface area contributed by atoms with Crippen LogP contribution >= 0.6 is 11.6 Å². The molecule has 0 amide bonds. The number of hydrogen-bond acceptors (Lipinski definition) is 4. The number of carboxylic acids is 1. The number of hydrogen-bond donors (Lipinski definition) is 1. The van der Waals surface area contributed by atoms with Crippen LogP contribution in [-0.2, 0) is 0 Å². The maximum absolute atomic E-state index is 11.2. The van der Waals surface area contributed by atoms with Crippen LogP contribution in [0.4, 0.5) is 11.5 Å². The van der Waals surface area contributed by atoms with Crippen LogP contribution in [0.25, 0.3) is 0 Å². The van der Waals surface area contributed by atoms with Crippen molar-refractivity contribution in [3.8, 4) is 5.75 Å². The molecule has 0 fully saturated rings. The van der Waals surface area contributed by atoms with Gasteiger partial charge in [0.05, 0.1) is 17.9 Å². The van der Waals surface area contributed by atoms with Crippen molar-refractivity contribution in [2.75, 3.05) is 18.1 Å². The Labute approximate surface area is 126 Å². The van der Waals surface area contributed by atoms with Crippen molar-refractivity contribution >= 4 is 29.1 Å². The Bertz CT molecular complexity index is 690. The van der Waals surface area contributed by atoms with Gasteiger partial charge in [0, 0.05) is 6.54 Å². The highest BCUT2D eigenvalue weighted by atomic mass is 35.5. The van der Waals surface area contributed by atoms with E-state index in [9.17, 15) is 4.79 Å². The van der Waals surface area contributed by atoms with Gasteiger partial charge in [-0.1, -0.05) is 23.7 Å². The Morgan fingerprint density at radius 3 is 2.95 bits per heavy atom. The molecule has 108 valence electrons. The molecular weight excluding hydrogens is 292 g/mol. The number of benzene rings is 1. The minimum atomic E-state index is -1.03. The summed E-state index contributed by atoms with van der Waals surface area (Å²) in [5.74, 6) is 0.242. The van der Waals surface area contributed by atoms with Gasteiger partial charge in [-0.15, -0.1) is 0 Å². The number of para-hydroxylation sites is 2. The Kier molecular flexibility index (Phi) is 3.66. The van der Waals surface area contributed by atoms with E-state index in [4.69, 9.17) is 21.4 Å². The summed E-state index contributed by atoms with van der Waals surface area (Å²) in [4.78, 5) is 17.4. The number of halogens is 1. The monoisotopic (exact) mass is 304 g/mol. The molecule has 0 spiro atoms. The van der Waals surface area contributed by atoms with Crippen LogP contribution in [0, 0.1) is 0 Å². The van der Waals surface area contributed by atoms with Gasteiger partial charge in [-0.25, -0.2) is 9.78 Å². The smallest absolute Gasteiger partial charge is 0.335 e. The molecular formula is C15H13ClN2O3. The third-order valence-corrected chi connectivity index (χ3v) is 3.44. The molecule has 1 aliphatic heterocycles. The third kappa shape index (κ3) is 2.78. The number of carbonyl (C=O) groups is 1. The molecule has 0 saturated carbocycles. The lowest BCUT2D eigenvalue weighted by Crippen LogP contribution is -2.19. The SMILES string of the molecule is O=C(O)c1cc(Cl)nc(N2CCCOc3ccccc32)c1. The van der Waals surface area contributed by atoms with Gasteiger partial charge in [0.2, 0.25) is 0 Å². The van der Waals surface area contributed by atoms with E-state index in [-0.39, 0.29) is 10.7 Å². The lowest BCUT2D eigenvalue weighted by Gasteiger charge is -2.23. The summed E-state index contributed by atoms with van der Waals surface area (Å²) in [6.07, 6.45) is 0.811. The van der Waals surface area contributed by atoms with Gasteiger partial charge in [-0.2, -0.15) is 0 Å². The second kappa shape index (κ2) is 5.61. The number of aromatic nitrogens is 1. The fraction of sp³-hybridized carbons (Fsp3) is 0.200. The van der Waals surface area contributed by atoms with E-state index in [0.717, 1.165) is 17.9 Å². The summed E-state index contributed by atoms with van der Waals surface area (Å²) in [7, 11) is 0. The third-order valence-electron chi connectivity index (χ3n) is 3.24. The van der Waals surface area contributed by atoms with Crippen LogP contribution in [0.5, 0.6) is 5.75 Å². The van der Waals surface area contributed by atoms with Gasteiger partial charge in [0.25, 0.3) is 0 Å². The highest BCUT2D eigenvalue weighted by Gasteiger charge is 2.20. The Morgan fingerprint density at radius 1 is 1.33 bits per heavy atom. The van der Waals surface area contributed by atoms with E-state index in [1.807, 2.05) is 29.2 Å². The van der Waals surface area contributed by atoms with E-state index in [0.29, 0.717) is 19.0 Å². The molecule has 5 nitrogen and oxygen atoms in total. The van der Waals surface area contributed by atoms with E-state index in [1.165, 1.54) is 12.1 Å². The molecule has 3 rings (SSSR count). The predicted molar refractivity (Wildman–Crippen MR) is 79.8 cm³/mol. The first-order valence-corrected chi connectivity index (χ1v) is 6.93. The molecule has 0 radical (unpaired) electrons. The van der Waals surface area contributed by atoms with E-state index < -0.39 is 5.97 Å². The van der Waals surface area contributed by atoms with Gasteiger partial charge < -0.3 is 14.7 Å². The van der Waals surface area contributed by atoms with Crippen molar-refractivity contribution in [3.05, 3.63) is 47.1 Å². The van der Waals surface area contributed by atoms with Gasteiger partial charge in [-0.05, 0) is 30.7 Å². The first kappa shape index (κ1) is 13.7. The van der Waals surface area contributed by atoms with Crippen LogP contribution < -0.4 is 9.64 Å². The molecule has 1 aromatic carbocycles. The number of anilines is 2. The van der Waals surface area contributed by atoms with Crippen molar-refractivity contribution in [1.82, 2.24) is 4.98 Å². The van der Waals surface area contributed by atoms with Gasteiger partial charge >= 0.3 is 5.97 Å². The summed E-state index contributed by atoms with van der Waals surface area (Å²) in [6, 6.07) is 10.5. The highest BCUT2D eigenvalue weighted by molar-refractivity contribution is 6.29. The molecule has 0 unspecified atom stereocenters. The number of rotatable bonds is 2. The molecule has 0 bridgehead atoms. The van der Waals surface area contributed by atoms with E-state index >= 15 is 0 Å². The first-order valence-electron chi connectivity index (χ1n) is 6.55. The summed E-state index contributed by atoms with van der Waals surface area (Å²) in [6.45, 7) is 1.29. The number of carboxylic acid groups (broad SMARTS) is 1. The molecule has 0 aliphatic carbocycles. The Balaban J connectivity index is 2.09. The molecule has 2 aromatic rings. The average molecular weight is 305 g/mol. The zero-order chi connectivity index (χ0) is 14.8. The highest BCUT2D eigenvalue weighted by Crippen LogP contribution is 2.35. The van der Waals surface area contributed by atoms with Crippen molar-refractivity contribution in [2.45, 2.75) is 6.42 Å². The van der Waals surface area contributed by atoms with Crippen LogP contribution in [-0.4, -0.2) is 29.2 Å². The van der Waals surface area contributed by atoms with Crippen LogP contribution in [0.3, 0.4) is 0 Å². The second-order valence-electron chi connectivity index (χ2n) is 4.66. The fourth-order valence-corrected chi connectivity index (χ4v) is 2.51. The lowest BCUT2D eigenvalue weighted by atomic mass is 10.2. The molecule has 1 aliphatic rings. The largest absolute Gasteiger partial charge is 0.491 e.